The van der Waals surface area contributed by atoms with Gasteiger partial charge in [-0.15, -0.1) is 0 Å². The zero-order valence-electron chi connectivity index (χ0n) is 11.1. The summed E-state index contributed by atoms with van der Waals surface area (Å²) >= 11 is 3.48. The molecule has 3 atom stereocenters. The molecule has 3 nitrogen and oxygen atoms in total. The van der Waals surface area contributed by atoms with Crippen LogP contribution in [-0.4, -0.2) is 29.9 Å². The number of likely N-dealkylation sites (tertiary alicyclic amines) is 1. The average Bonchev–Trinajstić information content (AvgIpc) is 2.94. The van der Waals surface area contributed by atoms with E-state index in [0.29, 0.717) is 11.8 Å². The third-order valence-corrected chi connectivity index (χ3v) is 5.24. The van der Waals surface area contributed by atoms with Crippen LogP contribution in [0.25, 0.3) is 0 Å². The first-order valence-corrected chi connectivity index (χ1v) is 7.66. The highest BCUT2D eigenvalue weighted by molar-refractivity contribution is 9.10. The molecule has 1 saturated carbocycles. The second kappa shape index (κ2) is 4.91. The quantitative estimate of drug-likeness (QED) is 0.863. The molecule has 1 aromatic rings. The first kappa shape index (κ1) is 13.1. The van der Waals surface area contributed by atoms with Gasteiger partial charge in [0.15, 0.2) is 0 Å². The Balaban J connectivity index is 1.80. The summed E-state index contributed by atoms with van der Waals surface area (Å²) in [4.78, 5) is 14.6. The van der Waals surface area contributed by atoms with E-state index in [9.17, 15) is 4.79 Å². The molecule has 102 valence electrons. The SMILES string of the molecule is Cc1ccc(Br)c(C(=O)N2CC3CCC(N)C3C2)c1. The number of benzene rings is 1. The number of hydrogen-bond acceptors (Lipinski definition) is 2. The van der Waals surface area contributed by atoms with Gasteiger partial charge in [-0.05, 0) is 59.7 Å². The van der Waals surface area contributed by atoms with Crippen molar-refractivity contribution < 1.29 is 4.79 Å². The van der Waals surface area contributed by atoms with Crippen molar-refractivity contribution in [2.45, 2.75) is 25.8 Å². The molecule has 3 unspecified atom stereocenters. The van der Waals surface area contributed by atoms with Crippen molar-refractivity contribution in [3.63, 3.8) is 0 Å². The number of fused-ring (bicyclic) bond motifs is 1. The van der Waals surface area contributed by atoms with Crippen LogP contribution in [-0.2, 0) is 0 Å². The molecule has 2 fully saturated rings. The molecule has 0 spiro atoms. The number of carbonyl (C=O) groups is 1. The number of hydrogen-bond donors (Lipinski definition) is 1. The Labute approximate surface area is 122 Å². The maximum Gasteiger partial charge on any atom is 0.255 e. The van der Waals surface area contributed by atoms with Crippen LogP contribution in [0.4, 0.5) is 0 Å². The molecule has 0 aromatic heterocycles. The zero-order chi connectivity index (χ0) is 13.6. The number of amides is 1. The molecular weight excluding hydrogens is 304 g/mol. The number of carbonyl (C=O) groups excluding carboxylic acids is 1. The van der Waals surface area contributed by atoms with Crippen molar-refractivity contribution in [2.75, 3.05) is 13.1 Å². The second-order valence-corrected chi connectivity index (χ2v) is 6.71. The van der Waals surface area contributed by atoms with Crippen molar-refractivity contribution in [1.82, 2.24) is 4.90 Å². The van der Waals surface area contributed by atoms with Crippen molar-refractivity contribution in [2.24, 2.45) is 17.6 Å². The van der Waals surface area contributed by atoms with E-state index in [4.69, 9.17) is 5.73 Å². The van der Waals surface area contributed by atoms with E-state index >= 15 is 0 Å². The minimum absolute atomic E-state index is 0.136. The molecule has 1 heterocycles. The molecule has 4 heteroatoms. The number of aryl methyl sites for hydroxylation is 1. The monoisotopic (exact) mass is 322 g/mol. The van der Waals surface area contributed by atoms with Crippen molar-refractivity contribution in [3.05, 3.63) is 33.8 Å². The van der Waals surface area contributed by atoms with Gasteiger partial charge in [0.25, 0.3) is 5.91 Å². The molecule has 3 rings (SSSR count). The summed E-state index contributed by atoms with van der Waals surface area (Å²) in [6, 6.07) is 6.20. The van der Waals surface area contributed by atoms with Crippen molar-refractivity contribution in [1.29, 1.82) is 0 Å². The number of halogens is 1. The lowest BCUT2D eigenvalue weighted by Crippen LogP contribution is -2.33. The largest absolute Gasteiger partial charge is 0.338 e. The Kier molecular flexibility index (Phi) is 3.39. The highest BCUT2D eigenvalue weighted by Crippen LogP contribution is 2.38. The fourth-order valence-electron chi connectivity index (χ4n) is 3.45. The first-order chi connectivity index (χ1) is 9.06. The van der Waals surface area contributed by atoms with E-state index in [-0.39, 0.29) is 11.9 Å². The normalized spacial score (nSPS) is 29.6. The second-order valence-electron chi connectivity index (χ2n) is 5.86. The molecule has 19 heavy (non-hydrogen) atoms. The molecule has 0 bridgehead atoms. The standard InChI is InChI=1S/C15H19BrN2O/c1-9-2-4-13(16)11(6-9)15(19)18-7-10-3-5-14(17)12(10)8-18/h2,4,6,10,12,14H,3,5,7-8,17H2,1H3. The lowest BCUT2D eigenvalue weighted by atomic mass is 9.98. The third-order valence-electron chi connectivity index (χ3n) is 4.55. The Morgan fingerprint density at radius 1 is 1.37 bits per heavy atom. The van der Waals surface area contributed by atoms with Gasteiger partial charge in [0.2, 0.25) is 0 Å². The van der Waals surface area contributed by atoms with Gasteiger partial charge in [-0.25, -0.2) is 0 Å². The van der Waals surface area contributed by atoms with Gasteiger partial charge in [0.05, 0.1) is 5.56 Å². The van der Waals surface area contributed by atoms with Gasteiger partial charge in [-0.3, -0.25) is 4.79 Å². The van der Waals surface area contributed by atoms with Crippen LogP contribution in [0.3, 0.4) is 0 Å². The van der Waals surface area contributed by atoms with Gasteiger partial charge in [-0.1, -0.05) is 11.6 Å². The summed E-state index contributed by atoms with van der Waals surface area (Å²) in [7, 11) is 0. The van der Waals surface area contributed by atoms with Crippen LogP contribution in [0.2, 0.25) is 0 Å². The van der Waals surface area contributed by atoms with E-state index in [1.54, 1.807) is 0 Å². The van der Waals surface area contributed by atoms with Crippen LogP contribution < -0.4 is 5.73 Å². The molecule has 1 aromatic carbocycles. The number of nitrogens with two attached hydrogens (primary N) is 1. The molecular formula is C15H19BrN2O. The predicted molar refractivity (Wildman–Crippen MR) is 79.0 cm³/mol. The molecule has 0 radical (unpaired) electrons. The Bertz CT molecular complexity index is 517. The fourth-order valence-corrected chi connectivity index (χ4v) is 3.86. The summed E-state index contributed by atoms with van der Waals surface area (Å²) in [6.07, 6.45) is 2.29. The van der Waals surface area contributed by atoms with Crippen LogP contribution in [0, 0.1) is 18.8 Å². The van der Waals surface area contributed by atoms with E-state index in [1.807, 2.05) is 30.0 Å². The first-order valence-electron chi connectivity index (χ1n) is 6.87. The smallest absolute Gasteiger partial charge is 0.255 e. The van der Waals surface area contributed by atoms with Gasteiger partial charge >= 0.3 is 0 Å². The minimum Gasteiger partial charge on any atom is -0.338 e. The van der Waals surface area contributed by atoms with Crippen LogP contribution in [0.5, 0.6) is 0 Å². The highest BCUT2D eigenvalue weighted by atomic mass is 79.9. The zero-order valence-corrected chi connectivity index (χ0v) is 12.7. The van der Waals surface area contributed by atoms with E-state index in [1.165, 1.54) is 6.42 Å². The topological polar surface area (TPSA) is 46.3 Å². The van der Waals surface area contributed by atoms with E-state index < -0.39 is 0 Å². The molecule has 1 aliphatic heterocycles. The van der Waals surface area contributed by atoms with Crippen molar-refractivity contribution >= 4 is 21.8 Å². The highest BCUT2D eigenvalue weighted by Gasteiger charge is 2.42. The van der Waals surface area contributed by atoms with Crippen LogP contribution in [0.1, 0.15) is 28.8 Å². The molecule has 2 N–H and O–H groups in total. The molecule has 2 aliphatic rings. The Morgan fingerprint density at radius 3 is 2.89 bits per heavy atom. The van der Waals surface area contributed by atoms with Crippen molar-refractivity contribution in [3.8, 4) is 0 Å². The minimum atomic E-state index is 0.136. The molecule has 1 saturated heterocycles. The number of rotatable bonds is 1. The summed E-state index contributed by atoms with van der Waals surface area (Å²) < 4.78 is 0.879. The van der Waals surface area contributed by atoms with Gasteiger partial charge in [0.1, 0.15) is 0 Å². The van der Waals surface area contributed by atoms with Crippen LogP contribution >= 0.6 is 15.9 Å². The molecule has 1 amide bonds. The van der Waals surface area contributed by atoms with E-state index in [2.05, 4.69) is 15.9 Å². The summed E-state index contributed by atoms with van der Waals surface area (Å²) in [5.41, 5.74) is 8.01. The third kappa shape index (κ3) is 2.32. The predicted octanol–water partition coefficient (Wildman–Crippen LogP) is 2.57. The van der Waals surface area contributed by atoms with Crippen LogP contribution in [0.15, 0.2) is 22.7 Å². The Hall–Kier alpha value is -0.870. The lowest BCUT2D eigenvalue weighted by Gasteiger charge is -2.19. The number of nitrogens with zero attached hydrogens (tertiary/aromatic N) is 1. The summed E-state index contributed by atoms with van der Waals surface area (Å²) in [6.45, 7) is 3.71. The maximum absolute atomic E-state index is 12.6. The summed E-state index contributed by atoms with van der Waals surface area (Å²) in [5.74, 6) is 1.26. The van der Waals surface area contributed by atoms with Gasteiger partial charge in [-0.2, -0.15) is 0 Å². The Morgan fingerprint density at radius 2 is 2.16 bits per heavy atom. The molecule has 1 aliphatic carbocycles. The average molecular weight is 323 g/mol. The van der Waals surface area contributed by atoms with Gasteiger partial charge < -0.3 is 10.6 Å². The fraction of sp³-hybridized carbons (Fsp3) is 0.533. The van der Waals surface area contributed by atoms with Gasteiger partial charge in [0, 0.05) is 23.6 Å². The lowest BCUT2D eigenvalue weighted by molar-refractivity contribution is 0.0778. The summed E-state index contributed by atoms with van der Waals surface area (Å²) in [5, 5.41) is 0. The van der Waals surface area contributed by atoms with E-state index in [0.717, 1.165) is 35.1 Å². The maximum atomic E-state index is 12.6.